The maximum absolute atomic E-state index is 12.2. The van der Waals surface area contributed by atoms with E-state index in [-0.39, 0.29) is 52.3 Å². The van der Waals surface area contributed by atoms with Gasteiger partial charge in [0, 0.05) is 64.6 Å². The number of amides is 3. The van der Waals surface area contributed by atoms with E-state index in [0.717, 1.165) is 51.4 Å². The van der Waals surface area contributed by atoms with Crippen LogP contribution in [-0.2, 0) is 89.8 Å². The van der Waals surface area contributed by atoms with Gasteiger partial charge < -0.3 is 85.4 Å². The van der Waals surface area contributed by atoms with Crippen molar-refractivity contribution in [1.29, 1.82) is 0 Å². The van der Waals surface area contributed by atoms with Crippen LogP contribution < -0.4 is 25.5 Å². The topological polar surface area (TPSA) is 347 Å². The van der Waals surface area contributed by atoms with E-state index in [9.17, 15) is 48.9 Å². The number of carbonyl (C=O) groups is 7. The summed E-state index contributed by atoms with van der Waals surface area (Å²) >= 11 is 0. The summed E-state index contributed by atoms with van der Waals surface area (Å²) in [5, 5.41) is 52.8. The maximum Gasteiger partial charge on any atom is 0.326 e. The molecule has 24 heteroatoms. The summed E-state index contributed by atoms with van der Waals surface area (Å²) in [7, 11) is 0. The Morgan fingerprint density at radius 2 is 1.27 bits per heavy atom. The van der Waals surface area contributed by atoms with Gasteiger partial charge in [-0.1, -0.05) is 38.5 Å². The Morgan fingerprint density at radius 3 is 1.82 bits per heavy atom. The largest absolute Gasteiger partial charge is 0.573 e. The Hall–Kier alpha value is -5.86. The van der Waals surface area contributed by atoms with Crippen molar-refractivity contribution in [3.05, 3.63) is 36.4 Å². The Balaban J connectivity index is -0.00000475. The third-order valence-electron chi connectivity index (χ3n) is 8.67. The van der Waals surface area contributed by atoms with Crippen LogP contribution in [0, 0.1) is 0 Å². The first kappa shape index (κ1) is 60.4. The number of hydrogen-bond acceptors (Lipinski definition) is 12. The van der Waals surface area contributed by atoms with Gasteiger partial charge in [0.15, 0.2) is 0 Å². The van der Waals surface area contributed by atoms with Gasteiger partial charge in [0.1, 0.15) is 36.8 Å². The Bertz CT molecular complexity index is 1550. The fourth-order valence-electron chi connectivity index (χ4n) is 5.79. The first-order valence-corrected chi connectivity index (χ1v) is 19.0. The van der Waals surface area contributed by atoms with Crippen LogP contribution >= 0.6 is 0 Å². The molecule has 23 nitrogen and oxygen atoms in total. The predicted molar refractivity (Wildman–Crippen MR) is 208 cm³/mol. The molecule has 0 fully saturated rings. The maximum atomic E-state index is 12.2. The smallest absolute Gasteiger partial charge is 0.326 e. The number of rotatable bonds is 31. The molecular formula is C38H54N8O15Re-3. The second kappa shape index (κ2) is 38.1. The third-order valence-corrected chi connectivity index (χ3v) is 8.67. The van der Waals surface area contributed by atoms with E-state index in [1.807, 2.05) is 0 Å². The number of carboxylic acid groups (broad SMARTS) is 5. The molecule has 0 aliphatic heterocycles. The van der Waals surface area contributed by atoms with E-state index < -0.39 is 54.4 Å². The summed E-state index contributed by atoms with van der Waals surface area (Å²) in [5.41, 5.74) is 0. The fraction of sp³-hybridized carbons (Fsp3) is 0.579. The molecule has 0 aliphatic carbocycles. The summed E-state index contributed by atoms with van der Waals surface area (Å²) in [4.78, 5) is 114. The number of nitrogens with one attached hydrogen (secondary N) is 3. The first-order chi connectivity index (χ1) is 29.2. The van der Waals surface area contributed by atoms with Gasteiger partial charge >= 0.3 is 35.9 Å². The molecule has 0 saturated heterocycles. The zero-order valence-corrected chi connectivity index (χ0v) is 36.8. The molecule has 0 unspecified atom stereocenters. The molecule has 0 saturated carbocycles. The minimum absolute atomic E-state index is 0. The number of aliphatic carboxylic acids is 5. The van der Waals surface area contributed by atoms with E-state index >= 15 is 0 Å². The SMILES string of the molecule is O=C(O)CC[C@H](NC(=O)N[C@@H](CCCCNC(=O)CCCCCCCCCCN(Cc1nccn1CC(=O)O)Cc1[n-]cc[n+]1CC(=O)O)C(=O)O)C(=O)O.[C-]=O.[C-]=O.[C-]=O.[Re]. The fourth-order valence-corrected chi connectivity index (χ4v) is 5.79. The van der Waals surface area contributed by atoms with Crippen LogP contribution in [0.3, 0.4) is 0 Å². The normalized spacial score (nSPS) is 11.0. The summed E-state index contributed by atoms with van der Waals surface area (Å²) in [5.74, 6) is -4.83. The second-order valence-electron chi connectivity index (χ2n) is 13.2. The first-order valence-electron chi connectivity index (χ1n) is 19.0. The number of carboxylic acids is 5. The predicted octanol–water partition coefficient (Wildman–Crippen LogP) is -0.0268. The molecule has 0 spiro atoms. The minimum Gasteiger partial charge on any atom is -0.573 e. The number of aromatic nitrogens is 4. The molecule has 62 heavy (non-hydrogen) atoms. The van der Waals surface area contributed by atoms with Gasteiger partial charge in [-0.15, -0.1) is 0 Å². The van der Waals surface area contributed by atoms with Crippen molar-refractivity contribution in [3.63, 3.8) is 0 Å². The molecular weight excluding hydrogens is 995 g/mol. The molecule has 2 aromatic rings. The van der Waals surface area contributed by atoms with Crippen LogP contribution in [0.1, 0.15) is 102 Å². The summed E-state index contributed by atoms with van der Waals surface area (Å²) in [6.45, 7) is 14.9. The van der Waals surface area contributed by atoms with Crippen LogP contribution in [-0.4, -0.2) is 127 Å². The van der Waals surface area contributed by atoms with Crippen molar-refractivity contribution in [2.24, 2.45) is 0 Å². The van der Waals surface area contributed by atoms with Gasteiger partial charge in [-0.3, -0.25) is 24.1 Å². The minimum atomic E-state index is -1.48. The van der Waals surface area contributed by atoms with E-state index in [0.29, 0.717) is 57.1 Å². The van der Waals surface area contributed by atoms with Crippen molar-refractivity contribution in [2.75, 3.05) is 13.1 Å². The molecule has 0 aromatic carbocycles. The second-order valence-corrected chi connectivity index (χ2v) is 13.2. The number of imidazole rings is 2. The van der Waals surface area contributed by atoms with E-state index in [4.69, 9.17) is 24.6 Å². The molecule has 8 N–H and O–H groups in total. The van der Waals surface area contributed by atoms with Crippen LogP contribution in [0.15, 0.2) is 24.8 Å². The summed E-state index contributed by atoms with van der Waals surface area (Å²) in [6, 6.07) is -3.81. The van der Waals surface area contributed by atoms with Gasteiger partial charge in [-0.25, -0.2) is 24.4 Å². The van der Waals surface area contributed by atoms with Crippen molar-refractivity contribution >= 4 is 62.2 Å². The molecule has 346 valence electrons. The van der Waals surface area contributed by atoms with Crippen molar-refractivity contribution in [3.8, 4) is 0 Å². The number of hydrogen-bond donors (Lipinski definition) is 8. The molecule has 0 bridgehead atoms. The molecule has 0 aliphatic rings. The van der Waals surface area contributed by atoms with Crippen molar-refractivity contribution < 1.29 is 98.5 Å². The van der Waals surface area contributed by atoms with Gasteiger partial charge in [-0.2, -0.15) is 0 Å². The average Bonchev–Trinajstić information content (AvgIpc) is 3.85. The molecule has 2 heterocycles. The van der Waals surface area contributed by atoms with Gasteiger partial charge in [-0.05, 0) is 45.1 Å². The van der Waals surface area contributed by atoms with Crippen LogP contribution in [0.5, 0.6) is 0 Å². The quantitative estimate of drug-likeness (QED) is 0.0279. The Morgan fingerprint density at radius 1 is 0.710 bits per heavy atom. The van der Waals surface area contributed by atoms with Crippen LogP contribution in [0.4, 0.5) is 4.79 Å². The standard InChI is InChI=1S/C35H54N8O12.3CO.Re/c44-29(38-15-9-8-11-25(33(51)52)39-35(55)40-26(34(53)54)13-14-30(45)46)12-7-5-3-1-2-4-6-10-18-41(21-27-36-16-19-42(27)23-31(47)48)22-28-37-17-20-43(28)24-32(49)50;3*1-2;/h16-17,19-20,25-26H,1-15,18,21-24H2,(H8,38,39,40,44,45,46,47,48,49,50,51,52,53,54,55);;;;/q;3*-1;/t25-,26-;;;;/m0..../s1. The zero-order valence-electron chi connectivity index (χ0n) is 34.0. The molecule has 2 atom stereocenters. The van der Waals surface area contributed by atoms with E-state index in [1.54, 1.807) is 33.9 Å². The Labute approximate surface area is 372 Å². The van der Waals surface area contributed by atoms with Crippen molar-refractivity contribution in [1.82, 2.24) is 35.4 Å². The average molecular weight is 1050 g/mol. The molecule has 4 radical (unpaired) electrons. The molecule has 3 amide bonds. The number of nitrogens with zero attached hydrogens (tertiary/aromatic N) is 5. The Kier molecular flexibility index (Phi) is 37.1. The zero-order chi connectivity index (χ0) is 46.6. The number of unbranched alkanes of at least 4 members (excludes halogenated alkanes) is 8. The molecule has 2 aromatic heterocycles. The van der Waals surface area contributed by atoms with Crippen LogP contribution in [0.2, 0.25) is 0 Å². The summed E-state index contributed by atoms with van der Waals surface area (Å²) < 4.78 is 3.15. The third kappa shape index (κ3) is 29.4. The van der Waals surface area contributed by atoms with Gasteiger partial charge in [0.25, 0.3) is 0 Å². The number of urea groups is 1. The van der Waals surface area contributed by atoms with E-state index in [2.05, 4.69) is 51.2 Å². The van der Waals surface area contributed by atoms with Crippen molar-refractivity contribution in [2.45, 2.75) is 128 Å². The molecule has 2 rings (SSSR count). The monoisotopic (exact) mass is 1050 g/mol. The van der Waals surface area contributed by atoms with Gasteiger partial charge in [0.2, 0.25) is 5.91 Å². The number of carbonyl (C=O) groups excluding carboxylic acids is 5. The van der Waals surface area contributed by atoms with E-state index in [1.165, 1.54) is 0 Å². The summed E-state index contributed by atoms with van der Waals surface area (Å²) in [6.07, 6.45) is 14.3. The van der Waals surface area contributed by atoms with Gasteiger partial charge in [0.05, 0.1) is 13.1 Å². The van der Waals surface area contributed by atoms with Crippen LogP contribution in [0.25, 0.3) is 0 Å².